The lowest BCUT2D eigenvalue weighted by Crippen LogP contribution is -2.32. The van der Waals surface area contributed by atoms with E-state index in [0.717, 1.165) is 4.88 Å². The van der Waals surface area contributed by atoms with Gasteiger partial charge in [-0.1, -0.05) is 6.08 Å². The number of thiophene rings is 1. The number of rotatable bonds is 3. The van der Waals surface area contributed by atoms with Gasteiger partial charge >= 0.3 is 6.09 Å². The summed E-state index contributed by atoms with van der Waals surface area (Å²) in [5.41, 5.74) is -0.483. The van der Waals surface area contributed by atoms with Gasteiger partial charge in [0.15, 0.2) is 0 Å². The highest BCUT2D eigenvalue weighted by molar-refractivity contribution is 7.13. The van der Waals surface area contributed by atoms with Gasteiger partial charge in [-0.3, -0.25) is 0 Å². The van der Waals surface area contributed by atoms with Crippen LogP contribution in [0.2, 0.25) is 0 Å². The molecule has 1 aromatic rings. The maximum atomic E-state index is 11.3. The molecule has 1 heterocycles. The lowest BCUT2D eigenvalue weighted by Gasteiger charge is -2.19. The molecule has 0 aliphatic carbocycles. The summed E-state index contributed by atoms with van der Waals surface area (Å²) in [5, 5.41) is 11.3. The quantitative estimate of drug-likeness (QED) is 0.912. The highest BCUT2D eigenvalue weighted by atomic mass is 32.1. The van der Waals surface area contributed by atoms with Gasteiger partial charge in [0.05, 0.1) is 0 Å². The molecule has 1 amide bonds. The number of amides is 1. The van der Waals surface area contributed by atoms with E-state index < -0.39 is 11.7 Å². The van der Waals surface area contributed by atoms with E-state index in [9.17, 15) is 4.79 Å². The van der Waals surface area contributed by atoms with Crippen molar-refractivity contribution >= 4 is 23.5 Å². The van der Waals surface area contributed by atoms with Crippen LogP contribution in [-0.4, -0.2) is 18.2 Å². The second-order valence-corrected chi connectivity index (χ2v) is 5.71. The van der Waals surface area contributed by atoms with Crippen LogP contribution >= 0.6 is 11.3 Å². The summed E-state index contributed by atoms with van der Waals surface area (Å²) in [6.45, 7) is 5.85. The molecule has 0 atom stereocenters. The second-order valence-electron chi connectivity index (χ2n) is 4.60. The number of hydrogen-bond acceptors (Lipinski definition) is 4. The first kappa shape index (κ1) is 14.3. The lowest BCUT2D eigenvalue weighted by molar-refractivity contribution is 0.0534. The summed E-state index contributed by atoms with van der Waals surface area (Å²) in [4.78, 5) is 13.0. The van der Waals surface area contributed by atoms with Gasteiger partial charge in [-0.05, 0) is 39.0 Å². The Hall–Kier alpha value is -1.80. The summed E-state index contributed by atoms with van der Waals surface area (Å²) >= 11 is 1.41. The molecule has 0 aliphatic heterocycles. The molecule has 18 heavy (non-hydrogen) atoms. The largest absolute Gasteiger partial charge is 0.444 e. The summed E-state index contributed by atoms with van der Waals surface area (Å²) in [7, 11) is 0. The molecule has 0 bridgehead atoms. The zero-order chi connectivity index (χ0) is 13.6. The number of nitrogens with zero attached hydrogens (tertiary/aromatic N) is 1. The molecule has 0 spiro atoms. The fourth-order valence-electron chi connectivity index (χ4n) is 1.13. The monoisotopic (exact) mass is 264 g/mol. The van der Waals surface area contributed by atoms with E-state index in [1.54, 1.807) is 6.07 Å². The first-order valence-corrected chi connectivity index (χ1v) is 6.36. The average molecular weight is 264 g/mol. The van der Waals surface area contributed by atoms with E-state index >= 15 is 0 Å². The van der Waals surface area contributed by atoms with Crippen LogP contribution in [0.5, 0.6) is 0 Å². The lowest BCUT2D eigenvalue weighted by atomic mass is 10.2. The van der Waals surface area contributed by atoms with Crippen molar-refractivity contribution in [3.8, 4) is 6.07 Å². The number of carbonyl (C=O) groups is 1. The Balaban J connectivity index is 2.34. The van der Waals surface area contributed by atoms with Crippen LogP contribution in [0, 0.1) is 11.3 Å². The van der Waals surface area contributed by atoms with Gasteiger partial charge in [0.25, 0.3) is 0 Å². The van der Waals surface area contributed by atoms with Gasteiger partial charge in [-0.2, -0.15) is 5.26 Å². The maximum Gasteiger partial charge on any atom is 0.407 e. The van der Waals surface area contributed by atoms with Gasteiger partial charge in [0.1, 0.15) is 16.5 Å². The summed E-state index contributed by atoms with van der Waals surface area (Å²) in [5.74, 6) is 0. The van der Waals surface area contributed by atoms with Crippen molar-refractivity contribution in [2.45, 2.75) is 26.4 Å². The van der Waals surface area contributed by atoms with Crippen molar-refractivity contribution in [1.29, 1.82) is 5.26 Å². The van der Waals surface area contributed by atoms with E-state index in [-0.39, 0.29) is 0 Å². The third-order valence-corrected chi connectivity index (χ3v) is 2.74. The molecule has 0 saturated carbocycles. The van der Waals surface area contributed by atoms with Crippen molar-refractivity contribution in [1.82, 2.24) is 5.32 Å². The Morgan fingerprint density at radius 3 is 2.83 bits per heavy atom. The van der Waals surface area contributed by atoms with Gasteiger partial charge in [-0.15, -0.1) is 11.3 Å². The summed E-state index contributed by atoms with van der Waals surface area (Å²) in [6, 6.07) is 5.71. The third kappa shape index (κ3) is 5.51. The zero-order valence-electron chi connectivity index (χ0n) is 10.7. The van der Waals surface area contributed by atoms with Crippen molar-refractivity contribution in [2.24, 2.45) is 0 Å². The Morgan fingerprint density at radius 2 is 2.28 bits per heavy atom. The molecule has 5 heteroatoms. The van der Waals surface area contributed by atoms with E-state index in [4.69, 9.17) is 10.00 Å². The SMILES string of the molecule is CC(C)(C)OC(=O)NCC=Cc1ccc(C#N)s1. The standard InChI is InChI=1S/C13H16N2O2S/c1-13(2,3)17-12(16)15-8-4-5-10-6-7-11(9-14)18-10/h4-7H,8H2,1-3H3,(H,15,16). The minimum atomic E-state index is -0.483. The molecular weight excluding hydrogens is 248 g/mol. The molecule has 0 unspecified atom stereocenters. The normalized spacial score (nSPS) is 11.2. The molecule has 0 aliphatic rings. The van der Waals surface area contributed by atoms with Crippen LogP contribution in [-0.2, 0) is 4.74 Å². The number of nitrogens with one attached hydrogen (secondary N) is 1. The highest BCUT2D eigenvalue weighted by Crippen LogP contribution is 2.16. The van der Waals surface area contributed by atoms with E-state index in [0.29, 0.717) is 11.4 Å². The van der Waals surface area contributed by atoms with Gasteiger partial charge < -0.3 is 10.1 Å². The zero-order valence-corrected chi connectivity index (χ0v) is 11.5. The van der Waals surface area contributed by atoms with Crippen molar-refractivity contribution < 1.29 is 9.53 Å². The van der Waals surface area contributed by atoms with Gasteiger partial charge in [-0.25, -0.2) is 4.79 Å². The van der Waals surface area contributed by atoms with Crippen molar-refractivity contribution in [2.75, 3.05) is 6.54 Å². The van der Waals surface area contributed by atoms with Crippen LogP contribution in [0.1, 0.15) is 30.5 Å². The molecule has 0 aromatic carbocycles. The molecular formula is C13H16N2O2S. The smallest absolute Gasteiger partial charge is 0.407 e. The predicted molar refractivity (Wildman–Crippen MR) is 72.3 cm³/mol. The molecule has 1 rings (SSSR count). The highest BCUT2D eigenvalue weighted by Gasteiger charge is 2.14. The van der Waals surface area contributed by atoms with Gasteiger partial charge in [0, 0.05) is 11.4 Å². The minimum Gasteiger partial charge on any atom is -0.444 e. The first-order valence-electron chi connectivity index (χ1n) is 5.54. The second kappa shape index (κ2) is 6.22. The number of carbonyl (C=O) groups excluding carboxylic acids is 1. The number of hydrogen-bond donors (Lipinski definition) is 1. The van der Waals surface area contributed by atoms with Crippen molar-refractivity contribution in [3.05, 3.63) is 28.0 Å². The Bertz CT molecular complexity index is 478. The minimum absolute atomic E-state index is 0.398. The van der Waals surface area contributed by atoms with E-state index in [1.165, 1.54) is 11.3 Å². The fraction of sp³-hybridized carbons (Fsp3) is 0.385. The molecule has 0 fully saturated rings. The van der Waals surface area contributed by atoms with Crippen LogP contribution in [0.15, 0.2) is 18.2 Å². The van der Waals surface area contributed by atoms with Crippen LogP contribution < -0.4 is 5.32 Å². The number of nitriles is 1. The summed E-state index contributed by atoms with van der Waals surface area (Å²) < 4.78 is 5.09. The topological polar surface area (TPSA) is 62.1 Å². The first-order chi connectivity index (χ1) is 8.40. The third-order valence-electron chi connectivity index (χ3n) is 1.78. The molecule has 96 valence electrons. The Morgan fingerprint density at radius 1 is 1.56 bits per heavy atom. The van der Waals surface area contributed by atoms with Gasteiger partial charge in [0.2, 0.25) is 0 Å². The van der Waals surface area contributed by atoms with Crippen LogP contribution in [0.3, 0.4) is 0 Å². The molecule has 0 radical (unpaired) electrons. The van der Waals surface area contributed by atoms with E-state index in [2.05, 4.69) is 11.4 Å². The number of ether oxygens (including phenoxy) is 1. The molecule has 0 saturated heterocycles. The maximum absolute atomic E-state index is 11.3. The van der Waals surface area contributed by atoms with Crippen molar-refractivity contribution in [3.63, 3.8) is 0 Å². The number of alkyl carbamates (subject to hydrolysis) is 1. The van der Waals surface area contributed by atoms with E-state index in [1.807, 2.05) is 39.0 Å². The molecule has 1 N–H and O–H groups in total. The Labute approximate surface area is 111 Å². The fourth-order valence-corrected chi connectivity index (χ4v) is 1.87. The Kier molecular flexibility index (Phi) is 4.93. The van der Waals surface area contributed by atoms with Crippen LogP contribution in [0.25, 0.3) is 6.08 Å². The predicted octanol–water partition coefficient (Wildman–Crippen LogP) is 3.16. The molecule has 4 nitrogen and oxygen atoms in total. The molecule has 1 aromatic heterocycles. The van der Waals surface area contributed by atoms with Crippen LogP contribution in [0.4, 0.5) is 4.79 Å². The summed E-state index contributed by atoms with van der Waals surface area (Å²) in [6.07, 6.45) is 3.25. The average Bonchev–Trinajstić information content (AvgIpc) is 2.70.